The Hall–Kier alpha value is -2.62. The maximum atomic E-state index is 12.9. The number of sulfonamides is 1. The molecule has 9 heteroatoms. The molecule has 1 heterocycles. The highest BCUT2D eigenvalue weighted by molar-refractivity contribution is 7.91. The van der Waals surface area contributed by atoms with Gasteiger partial charge in [0.2, 0.25) is 9.47 Å². The standard InChI is InChI=1S/C21H24N4O3S2/c1-14(2)13-18(16-10-5-4-6-11-16)25-30(27,28)21-24-23-20(29-21)22-19(26)17-12-8-7-9-15(17)3/h4-12,14,18,25H,13H2,1-3H3,(H,22,23,26)/t18-/m1/s1. The van der Waals surface area contributed by atoms with E-state index in [1.807, 2.05) is 63.2 Å². The van der Waals surface area contributed by atoms with E-state index in [2.05, 4.69) is 20.2 Å². The summed E-state index contributed by atoms with van der Waals surface area (Å²) >= 11 is 0.820. The number of aromatic nitrogens is 2. The van der Waals surface area contributed by atoms with Gasteiger partial charge in [0.25, 0.3) is 15.9 Å². The van der Waals surface area contributed by atoms with Crippen LogP contribution >= 0.6 is 11.3 Å². The van der Waals surface area contributed by atoms with Crippen molar-refractivity contribution in [2.75, 3.05) is 5.32 Å². The lowest BCUT2D eigenvalue weighted by molar-refractivity contribution is 0.102. The van der Waals surface area contributed by atoms with Gasteiger partial charge in [-0.15, -0.1) is 10.2 Å². The summed E-state index contributed by atoms with van der Waals surface area (Å²) in [5.74, 6) is -0.0700. The molecule has 0 aliphatic carbocycles. The number of anilines is 1. The van der Waals surface area contributed by atoms with Crippen molar-refractivity contribution in [1.82, 2.24) is 14.9 Å². The van der Waals surface area contributed by atoms with Crippen molar-refractivity contribution in [2.24, 2.45) is 5.92 Å². The van der Waals surface area contributed by atoms with E-state index in [0.29, 0.717) is 12.0 Å². The fraction of sp³-hybridized carbons (Fsp3) is 0.286. The maximum Gasteiger partial charge on any atom is 0.270 e. The molecule has 2 N–H and O–H groups in total. The first-order valence-electron chi connectivity index (χ1n) is 9.54. The van der Waals surface area contributed by atoms with E-state index in [0.717, 1.165) is 22.5 Å². The van der Waals surface area contributed by atoms with Crippen LogP contribution in [0, 0.1) is 12.8 Å². The van der Waals surface area contributed by atoms with Gasteiger partial charge < -0.3 is 0 Å². The molecule has 0 saturated heterocycles. The molecular weight excluding hydrogens is 420 g/mol. The summed E-state index contributed by atoms with van der Waals surface area (Å²) < 4.78 is 28.4. The molecule has 3 aromatic rings. The average Bonchev–Trinajstić information content (AvgIpc) is 3.17. The molecule has 30 heavy (non-hydrogen) atoms. The minimum absolute atomic E-state index is 0.128. The number of nitrogens with one attached hydrogen (secondary N) is 2. The van der Waals surface area contributed by atoms with Gasteiger partial charge in [-0.25, -0.2) is 13.1 Å². The Balaban J connectivity index is 1.77. The normalized spacial score (nSPS) is 12.7. The summed E-state index contributed by atoms with van der Waals surface area (Å²) in [6.07, 6.45) is 0.638. The summed E-state index contributed by atoms with van der Waals surface area (Å²) in [5, 5.41) is 10.4. The van der Waals surface area contributed by atoms with Crippen molar-refractivity contribution in [2.45, 2.75) is 37.6 Å². The highest BCUT2D eigenvalue weighted by atomic mass is 32.2. The molecule has 0 saturated carbocycles. The highest BCUT2D eigenvalue weighted by Gasteiger charge is 2.26. The van der Waals surface area contributed by atoms with Crippen LogP contribution in [0.2, 0.25) is 0 Å². The lowest BCUT2D eigenvalue weighted by Gasteiger charge is -2.20. The van der Waals surface area contributed by atoms with Crippen LogP contribution in [0.3, 0.4) is 0 Å². The number of amides is 1. The van der Waals surface area contributed by atoms with E-state index in [1.54, 1.807) is 12.1 Å². The van der Waals surface area contributed by atoms with E-state index < -0.39 is 10.0 Å². The van der Waals surface area contributed by atoms with Crippen LogP contribution < -0.4 is 10.0 Å². The summed E-state index contributed by atoms with van der Waals surface area (Å²) in [5.41, 5.74) is 2.19. The van der Waals surface area contributed by atoms with Gasteiger partial charge in [-0.3, -0.25) is 10.1 Å². The topological polar surface area (TPSA) is 101 Å². The minimum Gasteiger partial charge on any atom is -0.296 e. The van der Waals surface area contributed by atoms with E-state index in [1.165, 1.54) is 0 Å². The summed E-state index contributed by atoms with van der Waals surface area (Å²) in [6, 6.07) is 16.2. The quantitative estimate of drug-likeness (QED) is 0.508. The van der Waals surface area contributed by atoms with Gasteiger partial charge in [0.15, 0.2) is 0 Å². The fourth-order valence-electron chi connectivity index (χ4n) is 3.01. The molecule has 3 rings (SSSR count). The number of benzene rings is 2. The van der Waals surface area contributed by atoms with Crippen LogP contribution in [0.25, 0.3) is 0 Å². The molecule has 0 aliphatic heterocycles. The van der Waals surface area contributed by atoms with Crippen molar-refractivity contribution in [1.29, 1.82) is 0 Å². The molecule has 0 bridgehead atoms. The second-order valence-electron chi connectivity index (χ2n) is 7.36. The molecule has 1 atom stereocenters. The van der Waals surface area contributed by atoms with Gasteiger partial charge in [0, 0.05) is 11.6 Å². The molecule has 1 amide bonds. The van der Waals surface area contributed by atoms with Crippen molar-refractivity contribution in [3.63, 3.8) is 0 Å². The van der Waals surface area contributed by atoms with E-state index in [-0.39, 0.29) is 27.3 Å². The van der Waals surface area contributed by atoms with Gasteiger partial charge in [-0.2, -0.15) is 0 Å². The van der Waals surface area contributed by atoms with Crippen LogP contribution in [0.4, 0.5) is 5.13 Å². The second kappa shape index (κ2) is 9.46. The van der Waals surface area contributed by atoms with Crippen molar-refractivity contribution in [3.8, 4) is 0 Å². The number of aryl methyl sites for hydroxylation is 1. The maximum absolute atomic E-state index is 12.9. The number of nitrogens with zero attached hydrogens (tertiary/aromatic N) is 2. The molecule has 158 valence electrons. The first-order chi connectivity index (χ1) is 14.3. The molecular formula is C21H24N4O3S2. The van der Waals surface area contributed by atoms with Crippen LogP contribution in [0.1, 0.15) is 47.8 Å². The zero-order valence-corrected chi connectivity index (χ0v) is 18.6. The Kier molecular flexibility index (Phi) is 6.96. The number of hydrogen-bond acceptors (Lipinski definition) is 6. The summed E-state index contributed by atoms with van der Waals surface area (Å²) in [7, 11) is -3.90. The first kappa shape index (κ1) is 22.1. The molecule has 0 aliphatic rings. The number of carbonyl (C=O) groups excluding carboxylic acids is 1. The molecule has 0 radical (unpaired) electrons. The van der Waals surface area contributed by atoms with Crippen LogP contribution in [-0.4, -0.2) is 24.5 Å². The van der Waals surface area contributed by atoms with Crippen molar-refractivity contribution >= 4 is 32.4 Å². The van der Waals surface area contributed by atoms with Gasteiger partial charge in [-0.1, -0.05) is 73.7 Å². The number of hydrogen-bond donors (Lipinski definition) is 2. The Bertz CT molecular complexity index is 1110. The van der Waals surface area contributed by atoms with E-state index in [9.17, 15) is 13.2 Å². The third kappa shape index (κ3) is 5.50. The van der Waals surface area contributed by atoms with E-state index >= 15 is 0 Å². The van der Waals surface area contributed by atoms with E-state index in [4.69, 9.17) is 0 Å². The Morgan fingerprint density at radius 1 is 1.03 bits per heavy atom. The third-order valence-electron chi connectivity index (χ3n) is 4.45. The predicted molar refractivity (Wildman–Crippen MR) is 118 cm³/mol. The van der Waals surface area contributed by atoms with Gasteiger partial charge >= 0.3 is 0 Å². The van der Waals surface area contributed by atoms with Gasteiger partial charge in [-0.05, 0) is 36.5 Å². The monoisotopic (exact) mass is 444 g/mol. The lowest BCUT2D eigenvalue weighted by Crippen LogP contribution is -2.29. The third-order valence-corrected chi connectivity index (χ3v) is 7.13. The highest BCUT2D eigenvalue weighted by Crippen LogP contribution is 2.26. The zero-order valence-electron chi connectivity index (χ0n) is 17.0. The molecule has 0 spiro atoms. The van der Waals surface area contributed by atoms with Crippen molar-refractivity contribution < 1.29 is 13.2 Å². The number of rotatable bonds is 8. The van der Waals surface area contributed by atoms with Crippen LogP contribution in [-0.2, 0) is 10.0 Å². The van der Waals surface area contributed by atoms with Gasteiger partial charge in [0.1, 0.15) is 0 Å². The van der Waals surface area contributed by atoms with Crippen LogP contribution in [0.15, 0.2) is 58.9 Å². The van der Waals surface area contributed by atoms with Gasteiger partial charge in [0.05, 0.1) is 0 Å². The zero-order chi connectivity index (χ0) is 21.7. The molecule has 2 aromatic carbocycles. The van der Waals surface area contributed by atoms with Crippen molar-refractivity contribution in [3.05, 3.63) is 71.3 Å². The predicted octanol–water partition coefficient (Wildman–Crippen LogP) is 4.16. The molecule has 1 aromatic heterocycles. The Morgan fingerprint density at radius 3 is 2.37 bits per heavy atom. The first-order valence-corrected chi connectivity index (χ1v) is 11.8. The van der Waals surface area contributed by atoms with Crippen LogP contribution in [0.5, 0.6) is 0 Å². The smallest absolute Gasteiger partial charge is 0.270 e. The number of carbonyl (C=O) groups is 1. The average molecular weight is 445 g/mol. The molecule has 7 nitrogen and oxygen atoms in total. The molecule has 0 unspecified atom stereocenters. The Morgan fingerprint density at radius 2 is 1.70 bits per heavy atom. The fourth-order valence-corrected chi connectivity index (χ4v) is 5.16. The second-order valence-corrected chi connectivity index (χ2v) is 10.2. The summed E-state index contributed by atoms with van der Waals surface area (Å²) in [6.45, 7) is 5.90. The lowest BCUT2D eigenvalue weighted by atomic mass is 9.98. The SMILES string of the molecule is Cc1ccccc1C(=O)Nc1nnc(S(=O)(=O)N[C@H](CC(C)C)c2ccccc2)s1. The summed E-state index contributed by atoms with van der Waals surface area (Å²) in [4.78, 5) is 12.4. The largest absolute Gasteiger partial charge is 0.296 e. The molecule has 0 fully saturated rings. The minimum atomic E-state index is -3.90. The Labute approximate surface area is 180 Å².